The van der Waals surface area contributed by atoms with Crippen molar-refractivity contribution in [2.24, 2.45) is 5.73 Å². The van der Waals surface area contributed by atoms with Gasteiger partial charge in [-0.25, -0.2) is 0 Å². The first-order chi connectivity index (χ1) is 5.93. The minimum atomic E-state index is 0.837. The first-order valence-electron chi connectivity index (χ1n) is 4.30. The van der Waals surface area contributed by atoms with Gasteiger partial charge in [0, 0.05) is 0 Å². The summed E-state index contributed by atoms with van der Waals surface area (Å²) in [7, 11) is 0. The summed E-state index contributed by atoms with van der Waals surface area (Å²) in [6.07, 6.45) is 3.74. The van der Waals surface area contributed by atoms with Gasteiger partial charge in [0.1, 0.15) is 0 Å². The quantitative estimate of drug-likeness (QED) is 0.565. The fourth-order valence-corrected chi connectivity index (χ4v) is 2.80. The van der Waals surface area contributed by atoms with Crippen LogP contribution < -0.4 is 5.73 Å². The van der Waals surface area contributed by atoms with Gasteiger partial charge in [-0.2, -0.15) is 0 Å². The molecular weight excluding hydrogens is 186 g/mol. The summed E-state index contributed by atoms with van der Waals surface area (Å²) in [4.78, 5) is 0. The lowest BCUT2D eigenvalue weighted by Gasteiger charge is -1.97. The Morgan fingerprint density at radius 1 is 1.33 bits per heavy atom. The SMILES string of the molecule is NCCCCCSc1cccs1. The van der Waals surface area contributed by atoms with Crippen LogP contribution in [0.3, 0.4) is 0 Å². The number of nitrogens with two attached hydrogens (primary N) is 1. The van der Waals surface area contributed by atoms with E-state index in [1.165, 1.54) is 29.2 Å². The molecule has 2 N–H and O–H groups in total. The number of hydrogen-bond acceptors (Lipinski definition) is 3. The molecule has 3 heteroatoms. The molecule has 0 saturated carbocycles. The highest BCUT2D eigenvalue weighted by atomic mass is 32.2. The molecule has 1 heterocycles. The molecular formula is C9H15NS2. The first kappa shape index (κ1) is 10.1. The molecule has 0 saturated heterocycles. The standard InChI is InChI=1S/C9H15NS2/c10-6-2-1-3-7-11-9-5-4-8-12-9/h4-5,8H,1-3,6-7,10H2. The molecule has 1 aromatic heterocycles. The molecule has 1 rings (SSSR count). The molecule has 1 aromatic rings. The van der Waals surface area contributed by atoms with Crippen LogP contribution in [0.5, 0.6) is 0 Å². The summed E-state index contributed by atoms with van der Waals surface area (Å²) >= 11 is 3.78. The summed E-state index contributed by atoms with van der Waals surface area (Å²) in [6.45, 7) is 0.837. The zero-order valence-electron chi connectivity index (χ0n) is 7.16. The molecule has 0 radical (unpaired) electrons. The van der Waals surface area contributed by atoms with Crippen LogP contribution in [0.15, 0.2) is 21.7 Å². The van der Waals surface area contributed by atoms with E-state index >= 15 is 0 Å². The van der Waals surface area contributed by atoms with Gasteiger partial charge in [0.2, 0.25) is 0 Å². The van der Waals surface area contributed by atoms with Crippen molar-refractivity contribution in [1.29, 1.82) is 0 Å². The van der Waals surface area contributed by atoms with E-state index in [-0.39, 0.29) is 0 Å². The normalized spacial score (nSPS) is 10.4. The smallest absolute Gasteiger partial charge is 0.0598 e. The minimum Gasteiger partial charge on any atom is -0.330 e. The topological polar surface area (TPSA) is 26.0 Å². The third kappa shape index (κ3) is 4.14. The average Bonchev–Trinajstić information content (AvgIpc) is 2.57. The second-order valence-corrected chi connectivity index (χ2v) is 4.97. The molecule has 0 aromatic carbocycles. The van der Waals surface area contributed by atoms with Gasteiger partial charge in [0.15, 0.2) is 0 Å². The molecule has 1 nitrogen and oxygen atoms in total. The molecule has 0 bridgehead atoms. The van der Waals surface area contributed by atoms with Gasteiger partial charge in [-0.15, -0.1) is 23.1 Å². The zero-order valence-corrected chi connectivity index (χ0v) is 8.79. The van der Waals surface area contributed by atoms with Crippen LogP contribution in [-0.2, 0) is 0 Å². The highest BCUT2D eigenvalue weighted by molar-refractivity contribution is 8.01. The van der Waals surface area contributed by atoms with Gasteiger partial charge < -0.3 is 5.73 Å². The Hall–Kier alpha value is 0.01000. The molecule has 0 atom stereocenters. The van der Waals surface area contributed by atoms with Crippen molar-refractivity contribution >= 4 is 23.1 Å². The van der Waals surface area contributed by atoms with Gasteiger partial charge in [0.05, 0.1) is 4.21 Å². The lowest BCUT2D eigenvalue weighted by molar-refractivity contribution is 0.732. The van der Waals surface area contributed by atoms with Gasteiger partial charge in [-0.1, -0.05) is 12.5 Å². The largest absolute Gasteiger partial charge is 0.330 e. The number of unbranched alkanes of at least 4 members (excludes halogenated alkanes) is 2. The molecule has 68 valence electrons. The number of hydrogen-bond donors (Lipinski definition) is 1. The van der Waals surface area contributed by atoms with Crippen LogP contribution in [0.4, 0.5) is 0 Å². The number of rotatable bonds is 6. The Balaban J connectivity index is 1.96. The van der Waals surface area contributed by atoms with E-state index in [0.29, 0.717) is 0 Å². The maximum atomic E-state index is 5.40. The van der Waals surface area contributed by atoms with Crippen LogP contribution in [-0.4, -0.2) is 12.3 Å². The monoisotopic (exact) mass is 201 g/mol. The van der Waals surface area contributed by atoms with Crippen molar-refractivity contribution in [3.8, 4) is 0 Å². The maximum absolute atomic E-state index is 5.40. The zero-order chi connectivity index (χ0) is 8.65. The number of thioether (sulfide) groups is 1. The molecule has 12 heavy (non-hydrogen) atoms. The molecule has 0 amide bonds. The van der Waals surface area contributed by atoms with Gasteiger partial charge in [-0.05, 0) is 36.6 Å². The van der Waals surface area contributed by atoms with Crippen molar-refractivity contribution in [3.05, 3.63) is 17.5 Å². The van der Waals surface area contributed by atoms with Gasteiger partial charge >= 0.3 is 0 Å². The van der Waals surface area contributed by atoms with Gasteiger partial charge in [0.25, 0.3) is 0 Å². The molecule has 0 aliphatic heterocycles. The summed E-state index contributed by atoms with van der Waals surface area (Å²) in [6, 6.07) is 4.28. The Bertz CT molecular complexity index is 184. The second kappa shape index (κ2) is 6.52. The van der Waals surface area contributed by atoms with E-state index < -0.39 is 0 Å². The van der Waals surface area contributed by atoms with E-state index in [9.17, 15) is 0 Å². The van der Waals surface area contributed by atoms with Crippen LogP contribution in [0, 0.1) is 0 Å². The van der Waals surface area contributed by atoms with E-state index in [0.717, 1.165) is 6.54 Å². The second-order valence-electron chi connectivity index (χ2n) is 2.63. The Kier molecular flexibility index (Phi) is 5.48. The van der Waals surface area contributed by atoms with Crippen molar-refractivity contribution in [2.45, 2.75) is 23.5 Å². The summed E-state index contributed by atoms with van der Waals surface area (Å²) in [5.41, 5.74) is 5.40. The molecule has 0 aliphatic rings. The lowest BCUT2D eigenvalue weighted by Crippen LogP contribution is -1.97. The van der Waals surface area contributed by atoms with E-state index in [2.05, 4.69) is 17.5 Å². The van der Waals surface area contributed by atoms with Crippen LogP contribution >= 0.6 is 23.1 Å². The average molecular weight is 201 g/mol. The van der Waals surface area contributed by atoms with Crippen LogP contribution in [0.1, 0.15) is 19.3 Å². The van der Waals surface area contributed by atoms with Gasteiger partial charge in [-0.3, -0.25) is 0 Å². The molecule has 0 unspecified atom stereocenters. The van der Waals surface area contributed by atoms with Crippen molar-refractivity contribution in [2.75, 3.05) is 12.3 Å². The van der Waals surface area contributed by atoms with Crippen molar-refractivity contribution < 1.29 is 0 Å². The third-order valence-corrected chi connectivity index (χ3v) is 3.81. The van der Waals surface area contributed by atoms with E-state index in [1.54, 1.807) is 0 Å². The molecule has 0 aliphatic carbocycles. The highest BCUT2D eigenvalue weighted by Gasteiger charge is 1.93. The fourth-order valence-electron chi connectivity index (χ4n) is 0.942. The molecule has 0 fully saturated rings. The van der Waals surface area contributed by atoms with Crippen LogP contribution in [0.2, 0.25) is 0 Å². The summed E-state index contributed by atoms with van der Waals surface area (Å²) < 4.78 is 1.43. The van der Waals surface area contributed by atoms with E-state index in [4.69, 9.17) is 5.73 Å². The predicted molar refractivity (Wildman–Crippen MR) is 57.9 cm³/mol. The Morgan fingerprint density at radius 2 is 2.25 bits per heavy atom. The third-order valence-electron chi connectivity index (χ3n) is 1.59. The van der Waals surface area contributed by atoms with Crippen molar-refractivity contribution in [3.63, 3.8) is 0 Å². The Labute approximate surface area is 82.4 Å². The molecule has 0 spiro atoms. The Morgan fingerprint density at radius 3 is 2.92 bits per heavy atom. The predicted octanol–water partition coefficient (Wildman–Crippen LogP) is 2.97. The maximum Gasteiger partial charge on any atom is 0.0598 e. The van der Waals surface area contributed by atoms with E-state index in [1.807, 2.05) is 23.1 Å². The van der Waals surface area contributed by atoms with Crippen molar-refractivity contribution in [1.82, 2.24) is 0 Å². The minimum absolute atomic E-state index is 0.837. The summed E-state index contributed by atoms with van der Waals surface area (Å²) in [5, 5.41) is 2.13. The highest BCUT2D eigenvalue weighted by Crippen LogP contribution is 2.24. The lowest BCUT2D eigenvalue weighted by atomic mass is 10.2. The first-order valence-corrected chi connectivity index (χ1v) is 6.16. The fraction of sp³-hybridized carbons (Fsp3) is 0.556. The van der Waals surface area contributed by atoms with Crippen LogP contribution in [0.25, 0.3) is 0 Å². The number of thiophene rings is 1. The summed E-state index contributed by atoms with van der Waals surface area (Å²) in [5.74, 6) is 1.24.